The van der Waals surface area contributed by atoms with Gasteiger partial charge in [-0.15, -0.1) is 24.8 Å². The predicted octanol–water partition coefficient (Wildman–Crippen LogP) is 2.01. The second-order valence-electron chi connectivity index (χ2n) is 6.47. The Morgan fingerprint density at radius 2 is 2.09 bits per heavy atom. The average Bonchev–Trinajstić information content (AvgIpc) is 2.47. The van der Waals surface area contributed by atoms with Crippen molar-refractivity contribution in [3.8, 4) is 0 Å². The Morgan fingerprint density at radius 3 is 2.82 bits per heavy atom. The molecule has 3 rings (SSSR count). The second kappa shape index (κ2) is 9.58. The molecule has 0 aromatic rings. The Hall–Kier alpha value is 0.320. The van der Waals surface area contributed by atoms with E-state index in [4.69, 9.17) is 0 Å². The highest BCUT2D eigenvalue weighted by Gasteiger charge is 2.35. The number of thioether (sulfide) groups is 1. The topological polar surface area (TPSA) is 35.6 Å². The number of fused-ring (bicyclic) bond motifs is 1. The van der Waals surface area contributed by atoms with E-state index in [0.717, 1.165) is 25.4 Å². The fraction of sp³-hybridized carbons (Fsp3) is 0.933. The molecule has 0 saturated carbocycles. The van der Waals surface area contributed by atoms with Gasteiger partial charge in [0, 0.05) is 55.7 Å². The van der Waals surface area contributed by atoms with Crippen LogP contribution in [0.4, 0.5) is 0 Å². The number of rotatable bonds is 2. The number of hydrogen-bond donors (Lipinski definition) is 1. The molecule has 3 aliphatic heterocycles. The maximum atomic E-state index is 12.6. The molecule has 3 fully saturated rings. The quantitative estimate of drug-likeness (QED) is 0.807. The highest BCUT2D eigenvalue weighted by atomic mass is 35.5. The van der Waals surface area contributed by atoms with E-state index in [0.29, 0.717) is 30.5 Å². The summed E-state index contributed by atoms with van der Waals surface area (Å²) in [6.07, 6.45) is 4.62. The van der Waals surface area contributed by atoms with Gasteiger partial charge in [0.1, 0.15) is 0 Å². The molecule has 0 bridgehead atoms. The van der Waals surface area contributed by atoms with Crippen LogP contribution in [0.2, 0.25) is 0 Å². The Morgan fingerprint density at radius 1 is 1.27 bits per heavy atom. The smallest absolute Gasteiger partial charge is 0.224 e. The van der Waals surface area contributed by atoms with Crippen molar-refractivity contribution >= 4 is 42.5 Å². The van der Waals surface area contributed by atoms with E-state index in [1.165, 1.54) is 31.6 Å². The molecule has 0 radical (unpaired) electrons. The predicted molar refractivity (Wildman–Crippen MR) is 98.6 cm³/mol. The zero-order chi connectivity index (χ0) is 13.9. The zero-order valence-corrected chi connectivity index (χ0v) is 15.8. The van der Waals surface area contributed by atoms with Gasteiger partial charge in [-0.3, -0.25) is 9.69 Å². The molecule has 1 N–H and O–H groups in total. The third-order valence-corrected chi connectivity index (χ3v) is 6.06. The van der Waals surface area contributed by atoms with Crippen molar-refractivity contribution in [2.24, 2.45) is 0 Å². The standard InChI is InChI=1S/C15H27N3OS.2ClH/c1-12-9-17-6-3-2-4-14(17)10-18(12)15(19)8-13-11-20-7-5-16-13;;/h12-14,16H,2-11H2,1H3;2*1H. The third kappa shape index (κ3) is 4.91. The van der Waals surface area contributed by atoms with E-state index in [2.05, 4.69) is 22.0 Å². The highest BCUT2D eigenvalue weighted by molar-refractivity contribution is 7.99. The molecule has 22 heavy (non-hydrogen) atoms. The van der Waals surface area contributed by atoms with Gasteiger partial charge >= 0.3 is 0 Å². The van der Waals surface area contributed by atoms with Crippen molar-refractivity contribution in [2.45, 2.75) is 50.7 Å². The molecule has 3 aliphatic rings. The summed E-state index contributed by atoms with van der Waals surface area (Å²) >= 11 is 1.97. The first-order chi connectivity index (χ1) is 9.74. The minimum atomic E-state index is 0. The maximum Gasteiger partial charge on any atom is 0.224 e. The van der Waals surface area contributed by atoms with Gasteiger partial charge < -0.3 is 10.2 Å². The number of halogens is 2. The number of nitrogens with zero attached hydrogens (tertiary/aromatic N) is 2. The van der Waals surface area contributed by atoms with Gasteiger partial charge in [0.05, 0.1) is 0 Å². The molecule has 1 amide bonds. The second-order valence-corrected chi connectivity index (χ2v) is 7.62. The lowest BCUT2D eigenvalue weighted by molar-refractivity contribution is -0.138. The molecule has 3 atom stereocenters. The van der Waals surface area contributed by atoms with Crippen molar-refractivity contribution in [1.82, 2.24) is 15.1 Å². The van der Waals surface area contributed by atoms with Crippen LogP contribution in [0.15, 0.2) is 0 Å². The van der Waals surface area contributed by atoms with E-state index < -0.39 is 0 Å². The molecule has 4 nitrogen and oxygen atoms in total. The van der Waals surface area contributed by atoms with E-state index in [1.54, 1.807) is 0 Å². The van der Waals surface area contributed by atoms with Gasteiger partial charge in [-0.1, -0.05) is 6.42 Å². The molecular formula is C15H29Cl2N3OS. The van der Waals surface area contributed by atoms with Crippen LogP contribution in [0.25, 0.3) is 0 Å². The lowest BCUT2D eigenvalue weighted by atomic mass is 9.96. The van der Waals surface area contributed by atoms with Crippen LogP contribution in [-0.4, -0.2) is 71.5 Å². The van der Waals surface area contributed by atoms with Gasteiger partial charge in [-0.25, -0.2) is 0 Å². The Bertz CT molecular complexity index is 356. The molecular weight excluding hydrogens is 341 g/mol. The van der Waals surface area contributed by atoms with Crippen molar-refractivity contribution < 1.29 is 4.79 Å². The summed E-state index contributed by atoms with van der Waals surface area (Å²) < 4.78 is 0. The number of piperidine rings is 1. The van der Waals surface area contributed by atoms with Crippen molar-refractivity contribution in [3.05, 3.63) is 0 Å². The summed E-state index contributed by atoms with van der Waals surface area (Å²) in [6.45, 7) is 6.53. The molecule has 0 spiro atoms. The minimum Gasteiger partial charge on any atom is -0.337 e. The summed E-state index contributed by atoms with van der Waals surface area (Å²) in [7, 11) is 0. The van der Waals surface area contributed by atoms with Crippen LogP contribution in [0.5, 0.6) is 0 Å². The molecule has 7 heteroatoms. The normalized spacial score (nSPS) is 32.4. The fourth-order valence-electron chi connectivity index (χ4n) is 3.78. The van der Waals surface area contributed by atoms with Crippen LogP contribution in [0.3, 0.4) is 0 Å². The first kappa shape index (κ1) is 20.4. The van der Waals surface area contributed by atoms with Crippen LogP contribution in [0, 0.1) is 0 Å². The van der Waals surface area contributed by atoms with E-state index in [1.807, 2.05) is 11.8 Å². The minimum absolute atomic E-state index is 0. The molecule has 3 saturated heterocycles. The first-order valence-electron chi connectivity index (χ1n) is 8.08. The average molecular weight is 370 g/mol. The summed E-state index contributed by atoms with van der Waals surface area (Å²) in [4.78, 5) is 17.4. The lowest BCUT2D eigenvalue weighted by Crippen LogP contribution is -2.60. The van der Waals surface area contributed by atoms with Crippen LogP contribution in [-0.2, 0) is 4.79 Å². The van der Waals surface area contributed by atoms with Gasteiger partial charge in [-0.2, -0.15) is 11.8 Å². The van der Waals surface area contributed by atoms with E-state index >= 15 is 0 Å². The Kier molecular flexibility index (Phi) is 8.86. The fourth-order valence-corrected chi connectivity index (χ4v) is 4.73. The monoisotopic (exact) mass is 369 g/mol. The van der Waals surface area contributed by atoms with Gasteiger partial charge in [0.25, 0.3) is 0 Å². The molecule has 3 unspecified atom stereocenters. The summed E-state index contributed by atoms with van der Waals surface area (Å²) in [6, 6.07) is 1.39. The molecule has 130 valence electrons. The van der Waals surface area contributed by atoms with Gasteiger partial charge in [-0.05, 0) is 26.3 Å². The largest absolute Gasteiger partial charge is 0.337 e. The third-order valence-electron chi connectivity index (χ3n) is 4.93. The molecule has 3 heterocycles. The molecule has 0 aromatic heterocycles. The maximum absolute atomic E-state index is 12.6. The highest BCUT2D eigenvalue weighted by Crippen LogP contribution is 2.25. The SMILES string of the molecule is CC1CN2CCCCC2CN1C(=O)CC1CSCCN1.Cl.Cl. The number of hydrogen-bond acceptors (Lipinski definition) is 4. The van der Waals surface area contributed by atoms with Crippen molar-refractivity contribution in [2.75, 3.05) is 37.7 Å². The van der Waals surface area contributed by atoms with Gasteiger partial charge in [0.15, 0.2) is 0 Å². The van der Waals surface area contributed by atoms with Gasteiger partial charge in [0.2, 0.25) is 5.91 Å². The van der Waals surface area contributed by atoms with Crippen molar-refractivity contribution in [3.63, 3.8) is 0 Å². The van der Waals surface area contributed by atoms with E-state index in [-0.39, 0.29) is 24.8 Å². The summed E-state index contributed by atoms with van der Waals surface area (Å²) in [5.74, 6) is 2.63. The number of piperazine rings is 1. The first-order valence-corrected chi connectivity index (χ1v) is 9.24. The van der Waals surface area contributed by atoms with E-state index in [9.17, 15) is 4.79 Å². The van der Waals surface area contributed by atoms with Crippen LogP contribution >= 0.6 is 36.6 Å². The zero-order valence-electron chi connectivity index (χ0n) is 13.3. The Balaban J connectivity index is 0.00000121. The Labute approximate surface area is 150 Å². The van der Waals surface area contributed by atoms with Crippen molar-refractivity contribution in [1.29, 1.82) is 0 Å². The van der Waals surface area contributed by atoms with Crippen LogP contribution < -0.4 is 5.32 Å². The summed E-state index contributed by atoms with van der Waals surface area (Å²) in [5, 5.41) is 3.48. The number of carbonyl (C=O) groups is 1. The molecule has 0 aliphatic carbocycles. The molecule has 0 aromatic carbocycles. The number of nitrogens with one attached hydrogen (secondary N) is 1. The lowest BCUT2D eigenvalue weighted by Gasteiger charge is -2.47. The summed E-state index contributed by atoms with van der Waals surface area (Å²) in [5.41, 5.74) is 0. The number of amides is 1. The van der Waals surface area contributed by atoms with Crippen LogP contribution in [0.1, 0.15) is 32.6 Å². The number of carbonyl (C=O) groups excluding carboxylic acids is 1.